The molecule has 1 aromatic carbocycles. The summed E-state index contributed by atoms with van der Waals surface area (Å²) in [5.41, 5.74) is 1.76. The molecule has 2 bridgehead atoms. The van der Waals surface area contributed by atoms with Gasteiger partial charge in [0.05, 0.1) is 0 Å². The predicted molar refractivity (Wildman–Crippen MR) is 90.8 cm³/mol. The first kappa shape index (κ1) is 15.2. The topological polar surface area (TPSA) is 78.4 Å². The largest absolute Gasteiger partial charge is 0.480 e. The molecule has 0 aromatic heterocycles. The van der Waals surface area contributed by atoms with Gasteiger partial charge in [-0.2, -0.15) is 0 Å². The number of allylic oxidation sites excluding steroid dienone is 2. The lowest BCUT2D eigenvalue weighted by Crippen LogP contribution is -2.31. The maximum absolute atomic E-state index is 12.4. The Balaban J connectivity index is 1.34. The van der Waals surface area contributed by atoms with Crippen molar-refractivity contribution in [3.05, 3.63) is 42.0 Å². The molecule has 0 unspecified atom stereocenters. The van der Waals surface area contributed by atoms with Gasteiger partial charge in [-0.15, -0.1) is 0 Å². The van der Waals surface area contributed by atoms with Crippen LogP contribution in [-0.2, 0) is 4.79 Å². The molecule has 2 fully saturated rings. The molecule has 3 aliphatic carbocycles. The van der Waals surface area contributed by atoms with Crippen molar-refractivity contribution in [2.75, 3.05) is 18.4 Å². The number of amides is 1. The summed E-state index contributed by atoms with van der Waals surface area (Å²) in [5.74, 6) is 0.910. The molecular formula is C19H22N2O3. The quantitative estimate of drug-likeness (QED) is 0.702. The van der Waals surface area contributed by atoms with Crippen LogP contribution in [0, 0.1) is 23.2 Å². The van der Waals surface area contributed by atoms with E-state index in [0.717, 1.165) is 12.5 Å². The number of hydrogen-bond acceptors (Lipinski definition) is 3. The Morgan fingerprint density at radius 1 is 1.25 bits per heavy atom. The summed E-state index contributed by atoms with van der Waals surface area (Å²) in [6.07, 6.45) is 8.64. The van der Waals surface area contributed by atoms with E-state index < -0.39 is 5.97 Å². The number of anilines is 1. The molecule has 0 radical (unpaired) electrons. The molecule has 1 amide bonds. The van der Waals surface area contributed by atoms with E-state index >= 15 is 0 Å². The average molecular weight is 326 g/mol. The van der Waals surface area contributed by atoms with Crippen molar-refractivity contribution in [3.63, 3.8) is 0 Å². The monoisotopic (exact) mass is 326 g/mol. The zero-order valence-electron chi connectivity index (χ0n) is 13.5. The van der Waals surface area contributed by atoms with Gasteiger partial charge in [0.1, 0.15) is 6.54 Å². The highest BCUT2D eigenvalue weighted by atomic mass is 16.4. The molecule has 0 heterocycles. The van der Waals surface area contributed by atoms with Crippen molar-refractivity contribution < 1.29 is 14.7 Å². The van der Waals surface area contributed by atoms with Gasteiger partial charge < -0.3 is 15.7 Å². The Morgan fingerprint density at radius 3 is 2.79 bits per heavy atom. The first-order valence-corrected chi connectivity index (χ1v) is 8.61. The van der Waals surface area contributed by atoms with E-state index in [2.05, 4.69) is 22.8 Å². The summed E-state index contributed by atoms with van der Waals surface area (Å²) in [6.45, 7) is 0.559. The molecule has 5 heteroatoms. The van der Waals surface area contributed by atoms with Gasteiger partial charge in [0.15, 0.2) is 0 Å². The zero-order valence-corrected chi connectivity index (χ0v) is 13.5. The summed E-state index contributed by atoms with van der Waals surface area (Å²) in [7, 11) is 0. The lowest BCUT2D eigenvalue weighted by Gasteiger charge is -2.20. The second-order valence-electron chi connectivity index (χ2n) is 7.28. The van der Waals surface area contributed by atoms with Gasteiger partial charge in [-0.05, 0) is 60.6 Å². The lowest BCUT2D eigenvalue weighted by atomic mass is 9.89. The molecule has 1 aromatic rings. The molecule has 0 saturated heterocycles. The maximum Gasteiger partial charge on any atom is 0.322 e. The molecule has 2 saturated carbocycles. The third-order valence-corrected chi connectivity index (χ3v) is 5.94. The summed E-state index contributed by atoms with van der Waals surface area (Å²) in [5, 5.41) is 14.6. The maximum atomic E-state index is 12.4. The summed E-state index contributed by atoms with van der Waals surface area (Å²) in [4.78, 5) is 23.0. The minimum absolute atomic E-state index is 0.0921. The van der Waals surface area contributed by atoms with Crippen LogP contribution in [0.15, 0.2) is 36.4 Å². The van der Waals surface area contributed by atoms with Crippen LogP contribution in [0.25, 0.3) is 0 Å². The van der Waals surface area contributed by atoms with Gasteiger partial charge in [0, 0.05) is 17.8 Å². The van der Waals surface area contributed by atoms with Crippen LogP contribution in [0.1, 0.15) is 29.6 Å². The minimum Gasteiger partial charge on any atom is -0.480 e. The van der Waals surface area contributed by atoms with E-state index in [9.17, 15) is 9.59 Å². The number of carbonyl (C=O) groups is 2. The Labute approximate surface area is 141 Å². The van der Waals surface area contributed by atoms with E-state index in [1.54, 1.807) is 24.3 Å². The van der Waals surface area contributed by atoms with Crippen LogP contribution in [0.4, 0.5) is 5.69 Å². The molecular weight excluding hydrogens is 304 g/mol. The number of carboxylic acid groups (broad SMARTS) is 1. The number of hydrogen-bond donors (Lipinski definition) is 3. The fourth-order valence-corrected chi connectivity index (χ4v) is 4.63. The van der Waals surface area contributed by atoms with E-state index in [-0.39, 0.29) is 12.5 Å². The first-order chi connectivity index (χ1) is 11.6. The fourth-order valence-electron chi connectivity index (χ4n) is 4.63. The smallest absolute Gasteiger partial charge is 0.322 e. The highest BCUT2D eigenvalue weighted by Gasteiger charge is 2.62. The van der Waals surface area contributed by atoms with E-state index in [0.29, 0.717) is 28.5 Å². The van der Waals surface area contributed by atoms with E-state index in [4.69, 9.17) is 5.11 Å². The predicted octanol–water partition coefficient (Wildman–Crippen LogP) is 2.52. The fraction of sp³-hybridized carbons (Fsp3) is 0.474. The van der Waals surface area contributed by atoms with Gasteiger partial charge >= 0.3 is 5.97 Å². The highest BCUT2D eigenvalue weighted by Crippen LogP contribution is 2.69. The van der Waals surface area contributed by atoms with Gasteiger partial charge in [-0.25, -0.2) is 0 Å². The van der Waals surface area contributed by atoms with E-state index in [1.165, 1.54) is 19.3 Å². The summed E-state index contributed by atoms with van der Waals surface area (Å²) >= 11 is 0. The number of aliphatic carboxylic acids is 1. The van der Waals surface area contributed by atoms with Crippen LogP contribution in [0.5, 0.6) is 0 Å². The van der Waals surface area contributed by atoms with Crippen molar-refractivity contribution in [2.24, 2.45) is 23.2 Å². The molecule has 1 spiro atoms. The highest BCUT2D eigenvalue weighted by molar-refractivity contribution is 5.95. The van der Waals surface area contributed by atoms with Crippen LogP contribution >= 0.6 is 0 Å². The lowest BCUT2D eigenvalue weighted by molar-refractivity contribution is -0.134. The average Bonchev–Trinajstić information content (AvgIpc) is 3.25. The van der Waals surface area contributed by atoms with Gasteiger partial charge in [-0.1, -0.05) is 18.2 Å². The molecule has 24 heavy (non-hydrogen) atoms. The SMILES string of the molecule is O=C(O)CNc1cccc(C(=O)NC[C@@H]2C[C@@H]3C=C[C@@H]2C32CC2)c1. The Hall–Kier alpha value is -2.30. The van der Waals surface area contributed by atoms with Crippen LogP contribution < -0.4 is 10.6 Å². The zero-order chi connectivity index (χ0) is 16.7. The summed E-state index contributed by atoms with van der Waals surface area (Å²) < 4.78 is 0. The molecule has 0 aliphatic heterocycles. The summed E-state index contributed by atoms with van der Waals surface area (Å²) in [6, 6.07) is 6.97. The number of benzene rings is 1. The normalized spacial score (nSPS) is 28.1. The van der Waals surface area contributed by atoms with Crippen molar-refractivity contribution in [1.29, 1.82) is 0 Å². The second-order valence-corrected chi connectivity index (χ2v) is 7.28. The van der Waals surface area contributed by atoms with Crippen LogP contribution in [-0.4, -0.2) is 30.1 Å². The first-order valence-electron chi connectivity index (χ1n) is 8.61. The molecule has 3 atom stereocenters. The molecule has 5 nitrogen and oxygen atoms in total. The molecule has 3 N–H and O–H groups in total. The molecule has 4 rings (SSSR count). The van der Waals surface area contributed by atoms with Crippen molar-refractivity contribution >= 4 is 17.6 Å². The van der Waals surface area contributed by atoms with Gasteiger partial charge in [0.2, 0.25) is 0 Å². The third-order valence-electron chi connectivity index (χ3n) is 5.94. The van der Waals surface area contributed by atoms with Crippen LogP contribution in [0.3, 0.4) is 0 Å². The van der Waals surface area contributed by atoms with Gasteiger partial charge in [0.25, 0.3) is 5.91 Å². The molecule has 126 valence electrons. The Kier molecular flexibility index (Phi) is 3.59. The Bertz CT molecular complexity index is 708. The van der Waals surface area contributed by atoms with Crippen molar-refractivity contribution in [2.45, 2.75) is 19.3 Å². The number of rotatable bonds is 6. The third kappa shape index (κ3) is 2.58. The number of carbonyl (C=O) groups excluding carboxylic acids is 1. The van der Waals surface area contributed by atoms with Crippen molar-refractivity contribution in [3.8, 4) is 0 Å². The molecule has 3 aliphatic rings. The number of nitrogens with one attached hydrogen (secondary N) is 2. The van der Waals surface area contributed by atoms with Crippen molar-refractivity contribution in [1.82, 2.24) is 5.32 Å². The number of carboxylic acids is 1. The van der Waals surface area contributed by atoms with E-state index in [1.807, 2.05) is 0 Å². The minimum atomic E-state index is -0.928. The Morgan fingerprint density at radius 2 is 2.08 bits per heavy atom. The standard InChI is InChI=1S/C19H22N2O3/c22-17(23)11-20-15-3-1-2-12(9-15)18(24)21-10-13-8-14-4-5-16(13)19(14)6-7-19/h1-5,9,13-14,16,20H,6-8,10-11H2,(H,21,24)(H,22,23)/t13-,14-,16-/m0/s1. The van der Waals surface area contributed by atoms with Crippen LogP contribution in [0.2, 0.25) is 0 Å². The van der Waals surface area contributed by atoms with Gasteiger partial charge in [-0.3, -0.25) is 9.59 Å². The second kappa shape index (κ2) is 5.65.